The summed E-state index contributed by atoms with van der Waals surface area (Å²) in [5.74, 6) is -0.678. The Morgan fingerprint density at radius 3 is 1.79 bits per heavy atom. The molecule has 6 nitrogen and oxygen atoms in total. The second-order valence-electron chi connectivity index (χ2n) is 10.5. The fraction of sp³-hybridized carbons (Fsp3) is 0.871. The summed E-state index contributed by atoms with van der Waals surface area (Å²) >= 11 is 5.26. The smallest absolute Gasteiger partial charge is 0.542 e. The standard InChI is InChI=1S/C21H42N3O2S.C10H19O.U/c1-4-5-6-9-12-17-24(19-14-16-22-21(27)23(2)3)18-13-10-7-8-11-15-20(25)26;1-2-3-4-5-6-7-8-9-10-11;/h1,4-19H2,2-3H3,(H,22,27)(H,25,26);2-9H2,1H3;/q2*-1;+2. The SMILES string of the molecule is CCCCCCCCC[C-]=O.[CH2-]CCCCCCN(CCCCCCCC(=O)O)CCCNC(=S)N(C)C.[U+2]. The van der Waals surface area contributed by atoms with Gasteiger partial charge in [0.1, 0.15) is 0 Å². The van der Waals surface area contributed by atoms with Crippen LogP contribution in [0.15, 0.2) is 0 Å². The maximum Gasteiger partial charge on any atom is 2.00 e. The van der Waals surface area contributed by atoms with Crippen molar-refractivity contribution in [2.45, 2.75) is 135 Å². The maximum absolute atomic E-state index is 10.5. The van der Waals surface area contributed by atoms with Crippen molar-refractivity contribution >= 4 is 29.6 Å². The fourth-order valence-electron chi connectivity index (χ4n) is 4.15. The van der Waals surface area contributed by atoms with E-state index in [9.17, 15) is 9.59 Å². The molecule has 8 heteroatoms. The molecule has 0 aromatic carbocycles. The average Bonchev–Trinajstić information content (AvgIpc) is 2.89. The van der Waals surface area contributed by atoms with Crippen LogP contribution < -0.4 is 5.32 Å². The van der Waals surface area contributed by atoms with E-state index in [1.54, 1.807) is 0 Å². The van der Waals surface area contributed by atoms with Gasteiger partial charge in [-0.05, 0) is 57.5 Å². The molecule has 0 radical (unpaired) electrons. The Kier molecular flexibility index (Phi) is 39.8. The average molecular weight is 794 g/mol. The first-order valence-corrected chi connectivity index (χ1v) is 15.8. The van der Waals surface area contributed by atoms with Crippen molar-refractivity contribution in [2.75, 3.05) is 40.3 Å². The van der Waals surface area contributed by atoms with Gasteiger partial charge in [-0.15, -0.1) is 0 Å². The number of hydrogen-bond donors (Lipinski definition) is 2. The zero-order valence-electron chi connectivity index (χ0n) is 25.7. The minimum atomic E-state index is -0.678. The third kappa shape index (κ3) is 37.8. The van der Waals surface area contributed by atoms with Gasteiger partial charge in [0.2, 0.25) is 0 Å². The van der Waals surface area contributed by atoms with Gasteiger partial charge in [-0.3, -0.25) is 11.1 Å². The third-order valence-corrected chi connectivity index (χ3v) is 7.06. The molecule has 2 N–H and O–H groups in total. The summed E-state index contributed by atoms with van der Waals surface area (Å²) in [6.45, 7) is 10.5. The van der Waals surface area contributed by atoms with E-state index in [-0.39, 0.29) is 31.1 Å². The summed E-state index contributed by atoms with van der Waals surface area (Å²) in [6.07, 6.45) is 24.4. The van der Waals surface area contributed by atoms with E-state index < -0.39 is 5.97 Å². The minimum Gasteiger partial charge on any atom is -0.542 e. The van der Waals surface area contributed by atoms with Crippen LogP contribution in [-0.2, 0) is 9.59 Å². The molecule has 0 aliphatic heterocycles. The van der Waals surface area contributed by atoms with E-state index in [0.29, 0.717) is 12.8 Å². The summed E-state index contributed by atoms with van der Waals surface area (Å²) in [4.78, 5) is 24.9. The van der Waals surface area contributed by atoms with Crippen molar-refractivity contribution in [3.8, 4) is 0 Å². The van der Waals surface area contributed by atoms with E-state index in [0.717, 1.165) is 63.3 Å². The molecule has 0 rings (SSSR count). The Labute approximate surface area is 271 Å². The van der Waals surface area contributed by atoms with Gasteiger partial charge in [-0.2, -0.15) is 12.8 Å². The molecule has 0 aromatic heterocycles. The molecule has 0 aromatic rings. The van der Waals surface area contributed by atoms with Gasteiger partial charge in [-0.1, -0.05) is 90.4 Å². The number of thiocarbonyl (C=S) groups is 1. The number of unbranched alkanes of at least 4 members (excludes halogenated alkanes) is 15. The Bertz CT molecular complexity index is 539. The summed E-state index contributed by atoms with van der Waals surface area (Å²) in [5, 5.41) is 12.8. The monoisotopic (exact) mass is 793 g/mol. The molecule has 0 heterocycles. The quantitative estimate of drug-likeness (QED) is 0.0533. The third-order valence-electron chi connectivity index (χ3n) is 6.56. The van der Waals surface area contributed by atoms with Crippen LogP contribution in [0.1, 0.15) is 135 Å². The van der Waals surface area contributed by atoms with Gasteiger partial charge >= 0.3 is 37.1 Å². The summed E-state index contributed by atoms with van der Waals surface area (Å²) < 4.78 is 0. The van der Waals surface area contributed by atoms with Gasteiger partial charge in [0.25, 0.3) is 0 Å². The molecule has 228 valence electrons. The molecular formula is C31H61N3O3SU. The molecule has 0 aliphatic carbocycles. The molecule has 0 saturated carbocycles. The molecule has 39 heavy (non-hydrogen) atoms. The van der Waals surface area contributed by atoms with E-state index in [2.05, 4.69) is 24.1 Å². The fourth-order valence-corrected chi connectivity index (χ4v) is 4.26. The number of nitrogens with one attached hydrogen (secondary N) is 1. The number of rotatable bonds is 26. The van der Waals surface area contributed by atoms with Crippen molar-refractivity contribution in [1.82, 2.24) is 15.1 Å². The first kappa shape index (κ1) is 43.3. The number of carbonyl (C=O) groups excluding carboxylic acids is 1. The zero-order chi connectivity index (χ0) is 28.7. The van der Waals surface area contributed by atoms with Gasteiger partial charge in [-0.25, -0.2) is 0 Å². The van der Waals surface area contributed by atoms with Gasteiger partial charge in [0.15, 0.2) is 5.11 Å². The molecule has 0 amide bonds. The Hall–Kier alpha value is -0.158. The Balaban J connectivity index is -0.000000909. The predicted octanol–water partition coefficient (Wildman–Crippen LogP) is 7.56. The van der Waals surface area contributed by atoms with E-state index in [1.165, 1.54) is 83.6 Å². The van der Waals surface area contributed by atoms with Gasteiger partial charge in [0.05, 0.1) is 0 Å². The first-order chi connectivity index (χ1) is 18.4. The molecule has 0 spiro atoms. The second kappa shape index (κ2) is 35.9. The van der Waals surface area contributed by atoms with Crippen molar-refractivity contribution in [3.05, 3.63) is 6.92 Å². The maximum atomic E-state index is 10.5. The first-order valence-electron chi connectivity index (χ1n) is 15.4. The predicted molar refractivity (Wildman–Crippen MR) is 167 cm³/mol. The van der Waals surface area contributed by atoms with Crippen LogP contribution >= 0.6 is 12.2 Å². The van der Waals surface area contributed by atoms with E-state index >= 15 is 0 Å². The van der Waals surface area contributed by atoms with Gasteiger partial charge < -0.3 is 31.9 Å². The number of carboxylic acid groups (broad SMARTS) is 1. The van der Waals surface area contributed by atoms with Crippen LogP contribution in [0, 0.1) is 38.0 Å². The van der Waals surface area contributed by atoms with Crippen molar-refractivity contribution in [2.24, 2.45) is 0 Å². The molecule has 0 fully saturated rings. The van der Waals surface area contributed by atoms with E-state index in [4.69, 9.17) is 17.3 Å². The van der Waals surface area contributed by atoms with Crippen molar-refractivity contribution in [3.63, 3.8) is 0 Å². The number of hydrogen-bond acceptors (Lipinski definition) is 4. The number of nitrogens with zero attached hydrogens (tertiary/aromatic N) is 2. The largest absolute Gasteiger partial charge is 2.00 e. The summed E-state index contributed by atoms with van der Waals surface area (Å²) in [6, 6.07) is 0. The molecule has 0 atom stereocenters. The van der Waals surface area contributed by atoms with Crippen LogP contribution in [-0.4, -0.2) is 72.5 Å². The van der Waals surface area contributed by atoms with Crippen LogP contribution in [0.3, 0.4) is 0 Å². The molecule has 0 unspecified atom stereocenters. The number of carboxylic acids is 1. The van der Waals surface area contributed by atoms with Crippen LogP contribution in [0.2, 0.25) is 0 Å². The Morgan fingerprint density at radius 2 is 1.28 bits per heavy atom. The molecular weight excluding hydrogens is 732 g/mol. The summed E-state index contributed by atoms with van der Waals surface area (Å²) in [7, 11) is 3.92. The molecule has 0 aliphatic rings. The van der Waals surface area contributed by atoms with Crippen LogP contribution in [0.25, 0.3) is 0 Å². The van der Waals surface area contributed by atoms with Crippen LogP contribution in [0.5, 0.6) is 0 Å². The van der Waals surface area contributed by atoms with Crippen LogP contribution in [0.4, 0.5) is 0 Å². The minimum absolute atomic E-state index is 0. The van der Waals surface area contributed by atoms with Crippen molar-refractivity contribution < 1.29 is 45.8 Å². The van der Waals surface area contributed by atoms with Crippen molar-refractivity contribution in [1.29, 1.82) is 0 Å². The zero-order valence-corrected chi connectivity index (χ0v) is 30.7. The normalized spacial score (nSPS) is 10.4. The van der Waals surface area contributed by atoms with E-state index in [1.807, 2.05) is 25.3 Å². The second-order valence-corrected chi connectivity index (χ2v) is 10.9. The number of aliphatic carboxylic acids is 1. The molecule has 0 saturated heterocycles. The molecule has 0 bridgehead atoms. The topological polar surface area (TPSA) is 72.9 Å². The Morgan fingerprint density at radius 1 is 0.795 bits per heavy atom. The number of carbonyl (C=O) groups is 1. The summed E-state index contributed by atoms with van der Waals surface area (Å²) in [5.41, 5.74) is 0. The van der Waals surface area contributed by atoms with Gasteiger partial charge in [0, 0.05) is 27.1 Å².